The molecule has 0 saturated carbocycles. The van der Waals surface area contributed by atoms with Gasteiger partial charge >= 0.3 is 0 Å². The van der Waals surface area contributed by atoms with Crippen LogP contribution < -0.4 is 5.32 Å². The van der Waals surface area contributed by atoms with E-state index in [1.807, 2.05) is 17.9 Å². The quantitative estimate of drug-likeness (QED) is 0.919. The lowest BCUT2D eigenvalue weighted by Crippen LogP contribution is -2.18. The summed E-state index contributed by atoms with van der Waals surface area (Å²) in [7, 11) is 2.00. The summed E-state index contributed by atoms with van der Waals surface area (Å²) in [5.74, 6) is 0. The van der Waals surface area contributed by atoms with E-state index in [2.05, 4.69) is 63.7 Å². The Labute approximate surface area is 116 Å². The van der Waals surface area contributed by atoms with Crippen molar-refractivity contribution in [1.29, 1.82) is 0 Å². The van der Waals surface area contributed by atoms with Crippen LogP contribution in [0.15, 0.2) is 41.1 Å². The van der Waals surface area contributed by atoms with Crippen LogP contribution in [0.4, 0.5) is 0 Å². The van der Waals surface area contributed by atoms with E-state index in [1.165, 1.54) is 11.1 Å². The molecule has 0 saturated heterocycles. The van der Waals surface area contributed by atoms with Gasteiger partial charge in [0.1, 0.15) is 0 Å². The van der Waals surface area contributed by atoms with E-state index in [1.54, 1.807) is 0 Å². The molecule has 0 bridgehead atoms. The van der Waals surface area contributed by atoms with E-state index in [-0.39, 0.29) is 0 Å². The molecule has 0 aliphatic rings. The SMILES string of the molecule is CCn1cc(CC(NC)c2ccc(Br)cc2)cn1. The molecule has 0 fully saturated rings. The number of benzene rings is 1. The maximum absolute atomic E-state index is 4.31. The molecule has 96 valence electrons. The molecule has 2 aromatic rings. The summed E-state index contributed by atoms with van der Waals surface area (Å²) >= 11 is 3.46. The number of aromatic nitrogens is 2. The molecule has 0 aliphatic carbocycles. The van der Waals surface area contributed by atoms with E-state index in [4.69, 9.17) is 0 Å². The number of halogens is 1. The number of aryl methyl sites for hydroxylation is 1. The third-order valence-electron chi connectivity index (χ3n) is 3.07. The highest BCUT2D eigenvalue weighted by Gasteiger charge is 2.11. The molecule has 18 heavy (non-hydrogen) atoms. The minimum Gasteiger partial charge on any atom is -0.313 e. The zero-order valence-corrected chi connectivity index (χ0v) is 12.3. The Hall–Kier alpha value is -1.13. The van der Waals surface area contributed by atoms with Crippen molar-refractivity contribution in [3.05, 3.63) is 52.3 Å². The first-order valence-corrected chi connectivity index (χ1v) is 6.96. The van der Waals surface area contributed by atoms with Crippen LogP contribution in [0.5, 0.6) is 0 Å². The Balaban J connectivity index is 2.11. The maximum Gasteiger partial charge on any atom is 0.0522 e. The third kappa shape index (κ3) is 3.21. The smallest absolute Gasteiger partial charge is 0.0522 e. The normalized spacial score (nSPS) is 12.6. The molecule has 0 amide bonds. The third-order valence-corrected chi connectivity index (χ3v) is 3.60. The van der Waals surface area contributed by atoms with E-state index >= 15 is 0 Å². The van der Waals surface area contributed by atoms with Crippen molar-refractivity contribution >= 4 is 15.9 Å². The maximum atomic E-state index is 4.31. The topological polar surface area (TPSA) is 29.9 Å². The molecule has 1 unspecified atom stereocenters. The molecular formula is C14H18BrN3. The number of hydrogen-bond acceptors (Lipinski definition) is 2. The molecule has 4 heteroatoms. The van der Waals surface area contributed by atoms with Gasteiger partial charge in [-0.05, 0) is 43.7 Å². The fraction of sp³-hybridized carbons (Fsp3) is 0.357. The van der Waals surface area contributed by atoms with Crippen LogP contribution >= 0.6 is 15.9 Å². The van der Waals surface area contributed by atoms with Crippen molar-refractivity contribution in [1.82, 2.24) is 15.1 Å². The molecule has 0 aliphatic heterocycles. The minimum atomic E-state index is 0.326. The summed E-state index contributed by atoms with van der Waals surface area (Å²) in [4.78, 5) is 0. The van der Waals surface area contributed by atoms with Gasteiger partial charge in [-0.2, -0.15) is 5.10 Å². The number of nitrogens with zero attached hydrogens (tertiary/aromatic N) is 2. The monoisotopic (exact) mass is 307 g/mol. The molecule has 3 nitrogen and oxygen atoms in total. The summed E-state index contributed by atoms with van der Waals surface area (Å²) in [5.41, 5.74) is 2.56. The highest BCUT2D eigenvalue weighted by molar-refractivity contribution is 9.10. The van der Waals surface area contributed by atoms with Crippen LogP contribution in [0.2, 0.25) is 0 Å². The largest absolute Gasteiger partial charge is 0.313 e. The summed E-state index contributed by atoms with van der Waals surface area (Å²) in [6.45, 7) is 3.02. The lowest BCUT2D eigenvalue weighted by Gasteiger charge is -2.15. The highest BCUT2D eigenvalue weighted by Crippen LogP contribution is 2.20. The number of likely N-dealkylation sites (N-methyl/N-ethyl adjacent to an activating group) is 1. The zero-order valence-electron chi connectivity index (χ0n) is 10.7. The number of hydrogen-bond donors (Lipinski definition) is 1. The molecule has 1 aromatic heterocycles. The lowest BCUT2D eigenvalue weighted by atomic mass is 10.0. The Kier molecular flexibility index (Phi) is 4.55. The van der Waals surface area contributed by atoms with Crippen LogP contribution in [0.1, 0.15) is 24.1 Å². The molecule has 1 heterocycles. The van der Waals surface area contributed by atoms with Crippen LogP contribution in [-0.4, -0.2) is 16.8 Å². The standard InChI is InChI=1S/C14H18BrN3/c1-3-18-10-11(9-17-18)8-14(16-2)12-4-6-13(15)7-5-12/h4-7,9-10,14,16H,3,8H2,1-2H3. The highest BCUT2D eigenvalue weighted by atomic mass is 79.9. The molecule has 1 atom stereocenters. The average molecular weight is 308 g/mol. The first kappa shape index (κ1) is 13.3. The second kappa shape index (κ2) is 6.16. The van der Waals surface area contributed by atoms with Gasteiger partial charge in [-0.25, -0.2) is 0 Å². The van der Waals surface area contributed by atoms with Gasteiger partial charge < -0.3 is 5.32 Å². The van der Waals surface area contributed by atoms with Gasteiger partial charge in [-0.3, -0.25) is 4.68 Å². The fourth-order valence-electron chi connectivity index (χ4n) is 2.00. The summed E-state index contributed by atoms with van der Waals surface area (Å²) in [5, 5.41) is 7.67. The fourth-order valence-corrected chi connectivity index (χ4v) is 2.27. The molecule has 0 spiro atoms. The van der Waals surface area contributed by atoms with Gasteiger partial charge in [0.2, 0.25) is 0 Å². The average Bonchev–Trinajstić information content (AvgIpc) is 2.85. The lowest BCUT2D eigenvalue weighted by molar-refractivity contribution is 0.590. The van der Waals surface area contributed by atoms with Crippen molar-refractivity contribution in [3.8, 4) is 0 Å². The van der Waals surface area contributed by atoms with Crippen LogP contribution in [-0.2, 0) is 13.0 Å². The van der Waals surface area contributed by atoms with E-state index in [9.17, 15) is 0 Å². The second-order valence-corrected chi connectivity index (χ2v) is 5.22. The first-order valence-electron chi connectivity index (χ1n) is 6.17. The van der Waals surface area contributed by atoms with E-state index in [0.717, 1.165) is 17.4 Å². The second-order valence-electron chi connectivity index (χ2n) is 4.30. The Morgan fingerprint density at radius 2 is 2.06 bits per heavy atom. The van der Waals surface area contributed by atoms with Gasteiger partial charge in [-0.1, -0.05) is 28.1 Å². The minimum absolute atomic E-state index is 0.326. The van der Waals surface area contributed by atoms with Crippen LogP contribution in [0.25, 0.3) is 0 Å². The van der Waals surface area contributed by atoms with Crippen molar-refractivity contribution in [2.75, 3.05) is 7.05 Å². The first-order chi connectivity index (χ1) is 8.72. The van der Waals surface area contributed by atoms with Gasteiger partial charge in [-0.15, -0.1) is 0 Å². The molecule has 1 aromatic carbocycles. The van der Waals surface area contributed by atoms with E-state index in [0.29, 0.717) is 6.04 Å². The Morgan fingerprint density at radius 3 is 2.61 bits per heavy atom. The van der Waals surface area contributed by atoms with E-state index < -0.39 is 0 Å². The number of nitrogens with one attached hydrogen (secondary N) is 1. The number of rotatable bonds is 5. The summed E-state index contributed by atoms with van der Waals surface area (Å²) in [6, 6.07) is 8.78. The van der Waals surface area contributed by atoms with Crippen molar-refractivity contribution in [2.45, 2.75) is 25.9 Å². The molecule has 1 N–H and O–H groups in total. The van der Waals surface area contributed by atoms with Gasteiger partial charge in [0.15, 0.2) is 0 Å². The zero-order chi connectivity index (χ0) is 13.0. The molecule has 0 radical (unpaired) electrons. The predicted octanol–water partition coefficient (Wildman–Crippen LogP) is 3.17. The van der Waals surface area contributed by atoms with Crippen molar-refractivity contribution in [2.24, 2.45) is 0 Å². The van der Waals surface area contributed by atoms with Crippen molar-refractivity contribution in [3.63, 3.8) is 0 Å². The Morgan fingerprint density at radius 1 is 1.33 bits per heavy atom. The molecular weight excluding hydrogens is 290 g/mol. The van der Waals surface area contributed by atoms with Gasteiger partial charge in [0, 0.05) is 23.3 Å². The Bertz CT molecular complexity index is 490. The van der Waals surface area contributed by atoms with Crippen LogP contribution in [0.3, 0.4) is 0 Å². The molecule has 2 rings (SSSR count). The predicted molar refractivity (Wildman–Crippen MR) is 77.5 cm³/mol. The summed E-state index contributed by atoms with van der Waals surface area (Å²) in [6.07, 6.45) is 5.02. The van der Waals surface area contributed by atoms with Crippen LogP contribution in [0, 0.1) is 0 Å². The summed E-state index contributed by atoms with van der Waals surface area (Å²) < 4.78 is 3.07. The van der Waals surface area contributed by atoms with Gasteiger partial charge in [0.25, 0.3) is 0 Å². The van der Waals surface area contributed by atoms with Crippen molar-refractivity contribution < 1.29 is 0 Å². The van der Waals surface area contributed by atoms with Gasteiger partial charge in [0.05, 0.1) is 6.20 Å².